The van der Waals surface area contributed by atoms with Crippen LogP contribution in [0.25, 0.3) is 0 Å². The Labute approximate surface area is 154 Å². The maximum Gasteiger partial charge on any atom is 0.239 e. The van der Waals surface area contributed by atoms with Gasteiger partial charge in [-0.3, -0.25) is 19.3 Å². The van der Waals surface area contributed by atoms with Crippen molar-refractivity contribution < 1.29 is 4.79 Å². The molecule has 1 saturated heterocycles. The number of rotatable bonds is 4. The number of benzene rings is 1. The van der Waals surface area contributed by atoms with E-state index in [1.165, 1.54) is 24.0 Å². The van der Waals surface area contributed by atoms with Crippen molar-refractivity contribution in [2.45, 2.75) is 25.3 Å². The van der Waals surface area contributed by atoms with Gasteiger partial charge in [0.05, 0.1) is 6.54 Å². The van der Waals surface area contributed by atoms with Crippen molar-refractivity contribution in [2.24, 2.45) is 7.05 Å². The first-order valence-electron chi connectivity index (χ1n) is 9.50. The van der Waals surface area contributed by atoms with Crippen molar-refractivity contribution in [2.75, 3.05) is 38.0 Å². The minimum atomic E-state index is 0.0174. The number of fused-ring (bicyclic) bond motifs is 1. The van der Waals surface area contributed by atoms with Crippen molar-refractivity contribution in [3.8, 4) is 0 Å². The molecule has 6 nitrogen and oxygen atoms in total. The highest BCUT2D eigenvalue weighted by atomic mass is 16.2. The minimum absolute atomic E-state index is 0.0174. The Bertz CT molecular complexity index is 763. The van der Waals surface area contributed by atoms with Crippen LogP contribution in [-0.2, 0) is 24.7 Å². The van der Waals surface area contributed by atoms with E-state index >= 15 is 0 Å². The maximum atomic E-state index is 12.2. The SMILES string of the molecule is Cn1ccc(NC(=O)CN2CCN(C3CCc4ccccc4C3)CC2)n1. The van der Waals surface area contributed by atoms with Crippen LogP contribution in [0.15, 0.2) is 36.5 Å². The van der Waals surface area contributed by atoms with E-state index in [0.29, 0.717) is 18.4 Å². The molecule has 0 spiro atoms. The number of aromatic nitrogens is 2. The highest BCUT2D eigenvalue weighted by Gasteiger charge is 2.27. The summed E-state index contributed by atoms with van der Waals surface area (Å²) in [4.78, 5) is 17.1. The fourth-order valence-corrected chi connectivity index (χ4v) is 4.14. The molecule has 1 amide bonds. The third kappa shape index (κ3) is 3.97. The number of carbonyl (C=O) groups excluding carboxylic acids is 1. The Morgan fingerprint density at radius 3 is 2.65 bits per heavy atom. The topological polar surface area (TPSA) is 53.4 Å². The zero-order chi connectivity index (χ0) is 17.9. The van der Waals surface area contributed by atoms with Crippen LogP contribution >= 0.6 is 0 Å². The second-order valence-electron chi connectivity index (χ2n) is 7.40. The molecule has 0 saturated carbocycles. The van der Waals surface area contributed by atoms with Gasteiger partial charge in [0.25, 0.3) is 0 Å². The van der Waals surface area contributed by atoms with E-state index in [1.54, 1.807) is 4.68 Å². The van der Waals surface area contributed by atoms with Crippen LogP contribution in [0.4, 0.5) is 5.82 Å². The van der Waals surface area contributed by atoms with Gasteiger partial charge in [-0.2, -0.15) is 5.10 Å². The Kier molecular flexibility index (Phi) is 5.04. The summed E-state index contributed by atoms with van der Waals surface area (Å²) in [5.41, 5.74) is 3.04. The van der Waals surface area contributed by atoms with Gasteiger partial charge >= 0.3 is 0 Å². The zero-order valence-electron chi connectivity index (χ0n) is 15.4. The summed E-state index contributed by atoms with van der Waals surface area (Å²) in [5, 5.41) is 7.06. The number of amides is 1. The van der Waals surface area contributed by atoms with Gasteiger partial charge in [0.1, 0.15) is 0 Å². The molecule has 2 aliphatic rings. The summed E-state index contributed by atoms with van der Waals surface area (Å²) in [6.07, 6.45) is 5.43. The second-order valence-corrected chi connectivity index (χ2v) is 7.40. The minimum Gasteiger partial charge on any atom is -0.308 e. The molecule has 1 aromatic carbocycles. The number of hydrogen-bond acceptors (Lipinski definition) is 4. The predicted octanol–water partition coefficient (Wildman–Crippen LogP) is 1.53. The number of aryl methyl sites for hydroxylation is 2. The average Bonchev–Trinajstić information content (AvgIpc) is 3.06. The summed E-state index contributed by atoms with van der Waals surface area (Å²) in [5.74, 6) is 0.640. The lowest BCUT2D eigenvalue weighted by molar-refractivity contribution is -0.117. The second kappa shape index (κ2) is 7.60. The summed E-state index contributed by atoms with van der Waals surface area (Å²) < 4.78 is 1.69. The molecular formula is C20H27N5O. The molecule has 1 aliphatic heterocycles. The van der Waals surface area contributed by atoms with Gasteiger partial charge in [0, 0.05) is 51.5 Å². The molecule has 0 bridgehead atoms. The van der Waals surface area contributed by atoms with Crippen molar-refractivity contribution in [3.63, 3.8) is 0 Å². The van der Waals surface area contributed by atoms with E-state index in [9.17, 15) is 4.79 Å². The van der Waals surface area contributed by atoms with Crippen LogP contribution in [-0.4, -0.2) is 64.3 Å². The van der Waals surface area contributed by atoms with Crippen molar-refractivity contribution >= 4 is 11.7 Å². The summed E-state index contributed by atoms with van der Waals surface area (Å²) in [6, 6.07) is 11.3. The van der Waals surface area contributed by atoms with Crippen molar-refractivity contribution in [1.29, 1.82) is 0 Å². The summed E-state index contributed by atoms with van der Waals surface area (Å²) in [6.45, 7) is 4.44. The highest BCUT2D eigenvalue weighted by Crippen LogP contribution is 2.25. The molecular weight excluding hydrogens is 326 g/mol. The molecule has 1 fully saturated rings. The molecule has 1 aromatic heterocycles. The normalized spacial score (nSPS) is 21.3. The van der Waals surface area contributed by atoms with Crippen LogP contribution in [0.2, 0.25) is 0 Å². The third-order valence-corrected chi connectivity index (χ3v) is 5.59. The molecule has 138 valence electrons. The number of hydrogen-bond donors (Lipinski definition) is 1. The first kappa shape index (κ1) is 17.2. The monoisotopic (exact) mass is 353 g/mol. The summed E-state index contributed by atoms with van der Waals surface area (Å²) in [7, 11) is 1.85. The van der Waals surface area contributed by atoms with E-state index in [4.69, 9.17) is 0 Å². The quantitative estimate of drug-likeness (QED) is 0.906. The average molecular weight is 353 g/mol. The number of nitrogens with zero attached hydrogens (tertiary/aromatic N) is 4. The molecule has 1 N–H and O–H groups in total. The van der Waals surface area contributed by atoms with E-state index in [-0.39, 0.29) is 5.91 Å². The Hall–Kier alpha value is -2.18. The smallest absolute Gasteiger partial charge is 0.239 e. The van der Waals surface area contributed by atoms with Crippen LogP contribution in [0, 0.1) is 0 Å². The molecule has 2 heterocycles. The van der Waals surface area contributed by atoms with Crippen LogP contribution < -0.4 is 5.32 Å². The van der Waals surface area contributed by atoms with E-state index in [1.807, 2.05) is 19.3 Å². The molecule has 26 heavy (non-hydrogen) atoms. The van der Waals surface area contributed by atoms with Gasteiger partial charge in [0.15, 0.2) is 5.82 Å². The van der Waals surface area contributed by atoms with Gasteiger partial charge in [-0.05, 0) is 30.4 Å². The van der Waals surface area contributed by atoms with E-state index in [0.717, 1.165) is 32.6 Å². The van der Waals surface area contributed by atoms with Gasteiger partial charge in [-0.25, -0.2) is 0 Å². The van der Waals surface area contributed by atoms with Crippen LogP contribution in [0.1, 0.15) is 17.5 Å². The standard InChI is InChI=1S/C20H27N5O/c1-23-9-8-19(22-23)21-20(26)15-24-10-12-25(13-11-24)18-7-6-16-4-2-3-5-17(16)14-18/h2-5,8-9,18H,6-7,10-15H2,1H3,(H,21,22,26). The molecule has 0 radical (unpaired) electrons. The largest absolute Gasteiger partial charge is 0.308 e. The first-order chi connectivity index (χ1) is 12.7. The Morgan fingerprint density at radius 2 is 1.92 bits per heavy atom. The predicted molar refractivity (Wildman–Crippen MR) is 102 cm³/mol. The number of anilines is 1. The van der Waals surface area contributed by atoms with Crippen molar-refractivity contribution in [3.05, 3.63) is 47.7 Å². The van der Waals surface area contributed by atoms with Crippen LogP contribution in [0.5, 0.6) is 0 Å². The lowest BCUT2D eigenvalue weighted by Gasteiger charge is -2.40. The first-order valence-corrected chi connectivity index (χ1v) is 9.50. The maximum absolute atomic E-state index is 12.2. The van der Waals surface area contributed by atoms with Gasteiger partial charge < -0.3 is 5.32 Å². The highest BCUT2D eigenvalue weighted by molar-refractivity contribution is 5.91. The van der Waals surface area contributed by atoms with Gasteiger partial charge in [0.2, 0.25) is 5.91 Å². The molecule has 2 aromatic rings. The number of nitrogens with one attached hydrogen (secondary N) is 1. The summed E-state index contributed by atoms with van der Waals surface area (Å²) >= 11 is 0. The lowest BCUT2D eigenvalue weighted by Crippen LogP contribution is -2.52. The fourth-order valence-electron chi connectivity index (χ4n) is 4.14. The molecule has 6 heteroatoms. The molecule has 1 unspecified atom stereocenters. The van der Waals surface area contributed by atoms with E-state index in [2.05, 4.69) is 44.5 Å². The van der Waals surface area contributed by atoms with Crippen LogP contribution in [0.3, 0.4) is 0 Å². The fraction of sp³-hybridized carbons (Fsp3) is 0.500. The molecule has 1 aliphatic carbocycles. The van der Waals surface area contributed by atoms with Gasteiger partial charge in [-0.15, -0.1) is 0 Å². The lowest BCUT2D eigenvalue weighted by atomic mass is 9.87. The Morgan fingerprint density at radius 1 is 1.15 bits per heavy atom. The molecule has 1 atom stereocenters. The van der Waals surface area contributed by atoms with E-state index < -0.39 is 0 Å². The third-order valence-electron chi connectivity index (χ3n) is 5.59. The van der Waals surface area contributed by atoms with Crippen molar-refractivity contribution in [1.82, 2.24) is 19.6 Å². The Balaban J connectivity index is 1.25. The number of piperazine rings is 1. The zero-order valence-corrected chi connectivity index (χ0v) is 15.4. The molecule has 4 rings (SSSR count). The van der Waals surface area contributed by atoms with Gasteiger partial charge in [-0.1, -0.05) is 24.3 Å². The number of carbonyl (C=O) groups is 1.